The van der Waals surface area contributed by atoms with Gasteiger partial charge in [0.15, 0.2) is 9.84 Å². The van der Waals surface area contributed by atoms with E-state index in [1.54, 1.807) is 13.0 Å². The Labute approximate surface area is 213 Å². The normalized spacial score (nSPS) is 13.1. The number of halogens is 3. The summed E-state index contributed by atoms with van der Waals surface area (Å²) in [5, 5.41) is 2.69. The van der Waals surface area contributed by atoms with Crippen molar-refractivity contribution in [1.82, 2.24) is 5.32 Å². The van der Waals surface area contributed by atoms with E-state index in [1.807, 2.05) is 0 Å². The van der Waals surface area contributed by atoms with Crippen molar-refractivity contribution in [3.63, 3.8) is 0 Å². The number of hydrogen-bond donors (Lipinski definition) is 1. The molecule has 0 radical (unpaired) electrons. The van der Waals surface area contributed by atoms with Gasteiger partial charge in [0.1, 0.15) is 6.54 Å². The number of rotatable bonds is 9. The second-order valence-corrected chi connectivity index (χ2v) is 12.1. The number of carbonyl (C=O) groups excluding carboxylic acids is 1. The Morgan fingerprint density at radius 3 is 2.05 bits per heavy atom. The van der Waals surface area contributed by atoms with Crippen LogP contribution in [0.5, 0.6) is 0 Å². The van der Waals surface area contributed by atoms with E-state index >= 15 is 0 Å². The molecule has 0 aliphatic heterocycles. The number of sulfonamides is 1. The summed E-state index contributed by atoms with van der Waals surface area (Å²) in [4.78, 5) is 12.9. The lowest BCUT2D eigenvalue weighted by Gasteiger charge is -2.26. The van der Waals surface area contributed by atoms with Crippen LogP contribution in [-0.4, -0.2) is 35.5 Å². The number of carbonyl (C=O) groups is 1. The second-order valence-electron chi connectivity index (χ2n) is 8.24. The van der Waals surface area contributed by atoms with Gasteiger partial charge in [-0.1, -0.05) is 43.3 Å². The predicted molar refractivity (Wildman–Crippen MR) is 133 cm³/mol. The Balaban J connectivity index is 1.94. The van der Waals surface area contributed by atoms with Crippen LogP contribution in [0.3, 0.4) is 0 Å². The number of sulfone groups is 1. The third-order valence-corrected chi connectivity index (χ3v) is 8.45. The van der Waals surface area contributed by atoms with Crippen molar-refractivity contribution in [3.05, 3.63) is 90.0 Å². The molecular formula is C25H25F3N2O5S2. The van der Waals surface area contributed by atoms with Crippen LogP contribution in [0.15, 0.2) is 88.7 Å². The Morgan fingerprint density at radius 1 is 0.892 bits per heavy atom. The molecule has 0 saturated carbocycles. The number of nitrogens with one attached hydrogen (secondary N) is 1. The molecule has 12 heteroatoms. The van der Waals surface area contributed by atoms with E-state index in [1.165, 1.54) is 54.6 Å². The van der Waals surface area contributed by atoms with Gasteiger partial charge in [-0.15, -0.1) is 0 Å². The monoisotopic (exact) mass is 554 g/mol. The fraction of sp³-hybridized carbons (Fsp3) is 0.240. The summed E-state index contributed by atoms with van der Waals surface area (Å²) in [6, 6.07) is 16.1. The van der Waals surface area contributed by atoms with Gasteiger partial charge in [0.25, 0.3) is 10.0 Å². The summed E-state index contributed by atoms with van der Waals surface area (Å²) in [6.07, 6.45) is -3.26. The first kappa shape index (κ1) is 28.2. The van der Waals surface area contributed by atoms with Crippen molar-refractivity contribution in [1.29, 1.82) is 0 Å². The molecule has 1 amide bonds. The zero-order valence-electron chi connectivity index (χ0n) is 19.9. The van der Waals surface area contributed by atoms with Crippen LogP contribution >= 0.6 is 0 Å². The van der Waals surface area contributed by atoms with Gasteiger partial charge in [-0.05, 0) is 54.4 Å². The molecule has 1 unspecified atom stereocenters. The minimum absolute atomic E-state index is 0.0992. The topological polar surface area (TPSA) is 101 Å². The van der Waals surface area contributed by atoms with Crippen LogP contribution in [0.4, 0.5) is 18.9 Å². The standard InChI is InChI=1S/C25H25F3N2O5S2/c1-3-23(18-12-14-21(15-13-18)36(2,32)33)29-24(31)17-30(37(34,35)22-10-5-4-6-11-22)20-9-7-8-19(16-20)25(26,27)28/h4-16,23H,3,17H2,1-2H3,(H,29,31). The molecule has 1 N–H and O–H groups in total. The van der Waals surface area contributed by atoms with Crippen molar-refractivity contribution in [2.75, 3.05) is 17.1 Å². The third-order valence-electron chi connectivity index (χ3n) is 5.53. The van der Waals surface area contributed by atoms with Gasteiger partial charge in [-0.3, -0.25) is 9.10 Å². The Hall–Kier alpha value is -3.38. The molecule has 0 fully saturated rings. The van der Waals surface area contributed by atoms with Gasteiger partial charge in [-0.25, -0.2) is 16.8 Å². The van der Waals surface area contributed by atoms with E-state index in [0.29, 0.717) is 22.4 Å². The number of hydrogen-bond acceptors (Lipinski definition) is 5. The Kier molecular flexibility index (Phi) is 8.33. The summed E-state index contributed by atoms with van der Waals surface area (Å²) in [6.45, 7) is 0.983. The lowest BCUT2D eigenvalue weighted by atomic mass is 10.0. The van der Waals surface area contributed by atoms with E-state index in [2.05, 4.69) is 5.32 Å². The number of benzene rings is 3. The van der Waals surface area contributed by atoms with E-state index in [-0.39, 0.29) is 15.5 Å². The maximum atomic E-state index is 13.4. The number of nitrogens with zero attached hydrogens (tertiary/aromatic N) is 1. The number of alkyl halides is 3. The molecule has 3 rings (SSSR count). The highest BCUT2D eigenvalue weighted by molar-refractivity contribution is 7.93. The SMILES string of the molecule is CCC(NC(=O)CN(c1cccc(C(F)(F)F)c1)S(=O)(=O)c1ccccc1)c1ccc(S(C)(=O)=O)cc1. The molecule has 0 spiro atoms. The van der Waals surface area contributed by atoms with Gasteiger partial charge < -0.3 is 5.32 Å². The second kappa shape index (κ2) is 10.9. The lowest BCUT2D eigenvalue weighted by molar-refractivity contribution is -0.137. The molecule has 0 bridgehead atoms. The molecule has 3 aromatic rings. The van der Waals surface area contributed by atoms with Gasteiger partial charge in [0.05, 0.1) is 27.1 Å². The van der Waals surface area contributed by atoms with E-state index < -0.39 is 50.1 Å². The highest BCUT2D eigenvalue weighted by Crippen LogP contribution is 2.33. The smallest absolute Gasteiger partial charge is 0.348 e. The lowest BCUT2D eigenvalue weighted by Crippen LogP contribution is -2.42. The van der Waals surface area contributed by atoms with Crippen molar-refractivity contribution < 1.29 is 34.8 Å². The number of anilines is 1. The molecule has 0 saturated heterocycles. The van der Waals surface area contributed by atoms with E-state index in [0.717, 1.165) is 18.4 Å². The Morgan fingerprint density at radius 2 is 1.51 bits per heavy atom. The molecular weight excluding hydrogens is 529 g/mol. The van der Waals surface area contributed by atoms with Gasteiger partial charge >= 0.3 is 6.18 Å². The Bertz CT molecular complexity index is 1460. The summed E-state index contributed by atoms with van der Waals surface area (Å²) in [5.41, 5.74) is -0.796. The first-order valence-corrected chi connectivity index (χ1v) is 14.4. The van der Waals surface area contributed by atoms with Crippen molar-refractivity contribution >= 4 is 31.5 Å². The molecule has 37 heavy (non-hydrogen) atoms. The maximum absolute atomic E-state index is 13.4. The van der Waals surface area contributed by atoms with Crippen LogP contribution in [0.25, 0.3) is 0 Å². The summed E-state index contributed by atoms with van der Waals surface area (Å²) in [7, 11) is -7.82. The highest BCUT2D eigenvalue weighted by atomic mass is 32.2. The van der Waals surface area contributed by atoms with Gasteiger partial charge in [0, 0.05) is 6.26 Å². The summed E-state index contributed by atoms with van der Waals surface area (Å²) >= 11 is 0. The predicted octanol–water partition coefficient (Wildman–Crippen LogP) is 4.57. The minimum atomic E-state index is -4.72. The van der Waals surface area contributed by atoms with Crippen molar-refractivity contribution in [3.8, 4) is 0 Å². The minimum Gasteiger partial charge on any atom is -0.348 e. The zero-order valence-corrected chi connectivity index (χ0v) is 21.6. The summed E-state index contributed by atoms with van der Waals surface area (Å²) < 4.78 is 90.9. The molecule has 198 valence electrons. The fourth-order valence-corrected chi connectivity index (χ4v) is 5.68. The molecule has 1 atom stereocenters. The molecule has 0 aliphatic carbocycles. The number of amides is 1. The van der Waals surface area contributed by atoms with Crippen LogP contribution in [0.1, 0.15) is 30.5 Å². The van der Waals surface area contributed by atoms with Gasteiger partial charge in [-0.2, -0.15) is 13.2 Å². The van der Waals surface area contributed by atoms with Crippen LogP contribution in [0.2, 0.25) is 0 Å². The average Bonchev–Trinajstić information content (AvgIpc) is 2.85. The van der Waals surface area contributed by atoms with Gasteiger partial charge in [0.2, 0.25) is 5.91 Å². The zero-order chi connectivity index (χ0) is 27.4. The average molecular weight is 555 g/mol. The van der Waals surface area contributed by atoms with Crippen LogP contribution < -0.4 is 9.62 Å². The maximum Gasteiger partial charge on any atom is 0.416 e. The van der Waals surface area contributed by atoms with E-state index in [9.17, 15) is 34.8 Å². The molecule has 0 aromatic heterocycles. The first-order chi connectivity index (χ1) is 17.2. The highest BCUT2D eigenvalue weighted by Gasteiger charge is 2.33. The van der Waals surface area contributed by atoms with Crippen LogP contribution in [-0.2, 0) is 30.8 Å². The fourth-order valence-electron chi connectivity index (χ4n) is 3.61. The van der Waals surface area contributed by atoms with Crippen molar-refractivity contribution in [2.24, 2.45) is 0 Å². The molecule has 0 heterocycles. The quantitative estimate of drug-likeness (QED) is 0.418. The molecule has 0 aliphatic rings. The van der Waals surface area contributed by atoms with E-state index in [4.69, 9.17) is 0 Å². The molecule has 7 nitrogen and oxygen atoms in total. The van der Waals surface area contributed by atoms with Crippen LogP contribution in [0, 0.1) is 0 Å². The largest absolute Gasteiger partial charge is 0.416 e. The molecule has 3 aromatic carbocycles. The summed E-state index contributed by atoms with van der Waals surface area (Å²) in [5.74, 6) is -0.754. The first-order valence-electron chi connectivity index (χ1n) is 11.1. The third kappa shape index (κ3) is 6.89. The van der Waals surface area contributed by atoms with Crippen molar-refractivity contribution in [2.45, 2.75) is 35.4 Å².